The van der Waals surface area contributed by atoms with Crippen LogP contribution in [0.25, 0.3) is 0 Å². The van der Waals surface area contributed by atoms with E-state index in [0.717, 1.165) is 11.8 Å². The zero-order valence-electron chi connectivity index (χ0n) is 19.8. The molecule has 0 unspecified atom stereocenters. The summed E-state index contributed by atoms with van der Waals surface area (Å²) in [6.45, 7) is 5.08. The van der Waals surface area contributed by atoms with Gasteiger partial charge in [0.2, 0.25) is 11.8 Å². The maximum absolute atomic E-state index is 13.5. The molecule has 2 heterocycles. The summed E-state index contributed by atoms with van der Waals surface area (Å²) in [4.78, 5) is 44.9. The largest absolute Gasteiger partial charge is 0.341 e. The third-order valence-corrected chi connectivity index (χ3v) is 6.89. The molecule has 0 saturated carbocycles. The van der Waals surface area contributed by atoms with E-state index in [-0.39, 0.29) is 23.3 Å². The monoisotopic (exact) mass is 466 g/mol. The molecule has 2 aliphatic heterocycles. The molecule has 3 amide bonds. The Labute approximate surface area is 199 Å². The summed E-state index contributed by atoms with van der Waals surface area (Å²) >= 11 is 0. The van der Waals surface area contributed by atoms with Crippen molar-refractivity contribution in [2.75, 3.05) is 31.7 Å². The average Bonchev–Trinajstić information content (AvgIpc) is 3.07. The van der Waals surface area contributed by atoms with Crippen LogP contribution in [0.15, 0.2) is 54.6 Å². The smallest absolute Gasteiger partial charge is 0.252 e. The zero-order valence-corrected chi connectivity index (χ0v) is 19.8. The number of para-hydroxylation sites is 1. The van der Waals surface area contributed by atoms with E-state index >= 15 is 0 Å². The van der Waals surface area contributed by atoms with E-state index in [9.17, 15) is 18.8 Å². The number of likely N-dealkylation sites (N-methyl/N-ethyl adjacent to an activating group) is 1. The number of hydrogen-bond acceptors (Lipinski definition) is 4. The second-order valence-corrected chi connectivity index (χ2v) is 9.47. The minimum Gasteiger partial charge on any atom is -0.341 e. The lowest BCUT2D eigenvalue weighted by atomic mass is 9.85. The normalized spacial score (nSPS) is 18.5. The lowest BCUT2D eigenvalue weighted by Crippen LogP contribution is -2.60. The maximum atomic E-state index is 13.5. The van der Waals surface area contributed by atoms with Crippen molar-refractivity contribution < 1.29 is 18.8 Å². The third kappa shape index (κ3) is 4.36. The molecule has 8 heteroatoms. The van der Waals surface area contributed by atoms with Gasteiger partial charge in [0.25, 0.3) is 5.91 Å². The van der Waals surface area contributed by atoms with Gasteiger partial charge in [0.05, 0.1) is 6.67 Å². The van der Waals surface area contributed by atoms with Crippen LogP contribution in [0.5, 0.6) is 0 Å². The highest BCUT2D eigenvalue weighted by Crippen LogP contribution is 2.39. The number of amides is 3. The number of piperidine rings is 1. The van der Waals surface area contributed by atoms with Crippen molar-refractivity contribution in [3.05, 3.63) is 66.0 Å². The van der Waals surface area contributed by atoms with Gasteiger partial charge in [0.1, 0.15) is 17.4 Å². The molecular formula is C26H31FN4O3. The molecule has 0 aliphatic carbocycles. The van der Waals surface area contributed by atoms with Crippen LogP contribution in [0.4, 0.5) is 10.1 Å². The minimum atomic E-state index is -0.739. The summed E-state index contributed by atoms with van der Waals surface area (Å²) < 4.78 is 13.5. The highest BCUT2D eigenvalue weighted by molar-refractivity contribution is 5.98. The molecule has 180 valence electrons. The first-order valence-electron chi connectivity index (χ1n) is 11.7. The van der Waals surface area contributed by atoms with Crippen LogP contribution in [0.2, 0.25) is 0 Å². The van der Waals surface area contributed by atoms with Crippen molar-refractivity contribution in [2.45, 2.75) is 38.3 Å². The second kappa shape index (κ2) is 9.44. The molecule has 0 radical (unpaired) electrons. The SMILES string of the molecule is CC(C)[C@@H](NC(=O)c1cccc(F)c1)C(=O)N1CCC2(CC1)C(=O)N(C)CN2c1ccccc1. The molecule has 2 aromatic rings. The molecule has 34 heavy (non-hydrogen) atoms. The predicted octanol–water partition coefficient (Wildman–Crippen LogP) is 2.88. The molecule has 2 fully saturated rings. The Balaban J connectivity index is 1.48. The molecule has 0 aromatic heterocycles. The van der Waals surface area contributed by atoms with Crippen molar-refractivity contribution >= 4 is 23.4 Å². The first-order valence-corrected chi connectivity index (χ1v) is 11.7. The molecule has 1 N–H and O–H groups in total. The second-order valence-electron chi connectivity index (χ2n) is 9.47. The predicted molar refractivity (Wildman–Crippen MR) is 128 cm³/mol. The van der Waals surface area contributed by atoms with Gasteiger partial charge in [-0.2, -0.15) is 0 Å². The van der Waals surface area contributed by atoms with Gasteiger partial charge in [0, 0.05) is 31.4 Å². The van der Waals surface area contributed by atoms with Gasteiger partial charge in [-0.25, -0.2) is 4.39 Å². The number of nitrogens with one attached hydrogen (secondary N) is 1. The molecule has 1 atom stereocenters. The van der Waals surface area contributed by atoms with Gasteiger partial charge >= 0.3 is 0 Å². The van der Waals surface area contributed by atoms with Crippen molar-refractivity contribution in [2.24, 2.45) is 5.92 Å². The number of benzene rings is 2. The number of hydrogen-bond donors (Lipinski definition) is 1. The van der Waals surface area contributed by atoms with E-state index in [4.69, 9.17) is 0 Å². The van der Waals surface area contributed by atoms with E-state index in [1.807, 2.05) is 44.2 Å². The quantitative estimate of drug-likeness (QED) is 0.736. The molecule has 0 bridgehead atoms. The highest BCUT2D eigenvalue weighted by atomic mass is 19.1. The summed E-state index contributed by atoms with van der Waals surface area (Å²) in [5.41, 5.74) is 0.488. The van der Waals surface area contributed by atoms with Crippen LogP contribution in [0.1, 0.15) is 37.0 Å². The number of anilines is 1. The summed E-state index contributed by atoms with van der Waals surface area (Å²) in [6, 6.07) is 14.5. The van der Waals surface area contributed by atoms with Gasteiger partial charge in [-0.3, -0.25) is 14.4 Å². The standard InChI is InChI=1S/C26H31FN4O3/c1-18(2)22(28-23(32)19-8-7-9-20(27)16-19)24(33)30-14-12-26(13-15-30)25(34)29(3)17-31(26)21-10-5-4-6-11-21/h4-11,16,18,22H,12-15,17H2,1-3H3,(H,28,32)/t22-/m1/s1. The molecular weight excluding hydrogens is 435 g/mol. The Morgan fingerprint density at radius 2 is 1.71 bits per heavy atom. The van der Waals surface area contributed by atoms with Crippen molar-refractivity contribution in [1.82, 2.24) is 15.1 Å². The highest BCUT2D eigenvalue weighted by Gasteiger charge is 2.53. The Morgan fingerprint density at radius 3 is 2.32 bits per heavy atom. The number of likely N-dealkylation sites (tertiary alicyclic amines) is 1. The number of carbonyl (C=O) groups excluding carboxylic acids is 3. The fraction of sp³-hybridized carbons (Fsp3) is 0.423. The third-order valence-electron chi connectivity index (χ3n) is 6.89. The van der Waals surface area contributed by atoms with Gasteiger partial charge < -0.3 is 20.0 Å². The van der Waals surface area contributed by atoms with Gasteiger partial charge in [-0.15, -0.1) is 0 Å². The summed E-state index contributed by atoms with van der Waals surface area (Å²) in [7, 11) is 1.81. The van der Waals surface area contributed by atoms with E-state index in [1.165, 1.54) is 18.2 Å². The number of halogens is 1. The molecule has 1 spiro atoms. The topological polar surface area (TPSA) is 73.0 Å². The van der Waals surface area contributed by atoms with Crippen LogP contribution in [-0.2, 0) is 9.59 Å². The number of carbonyl (C=O) groups is 3. The summed E-state index contributed by atoms with van der Waals surface area (Å²) in [5, 5.41) is 2.79. The fourth-order valence-corrected chi connectivity index (χ4v) is 4.96. The van der Waals surface area contributed by atoms with Gasteiger partial charge in [-0.1, -0.05) is 38.1 Å². The molecule has 7 nitrogen and oxygen atoms in total. The summed E-state index contributed by atoms with van der Waals surface area (Å²) in [5.74, 6) is -1.25. The molecule has 2 aliphatic rings. The van der Waals surface area contributed by atoms with Crippen LogP contribution < -0.4 is 10.2 Å². The van der Waals surface area contributed by atoms with E-state index in [1.54, 1.807) is 16.8 Å². The zero-order chi connectivity index (χ0) is 24.5. The lowest BCUT2D eigenvalue weighted by Gasteiger charge is -2.44. The summed E-state index contributed by atoms with van der Waals surface area (Å²) in [6.07, 6.45) is 1.03. The van der Waals surface area contributed by atoms with Gasteiger partial charge in [0.15, 0.2) is 0 Å². The molecule has 4 rings (SSSR count). The molecule has 2 aromatic carbocycles. The van der Waals surface area contributed by atoms with Crippen molar-refractivity contribution in [3.8, 4) is 0 Å². The van der Waals surface area contributed by atoms with Crippen LogP contribution >= 0.6 is 0 Å². The Bertz CT molecular complexity index is 1070. The lowest BCUT2D eigenvalue weighted by molar-refractivity contribution is -0.139. The Morgan fingerprint density at radius 1 is 1.03 bits per heavy atom. The van der Waals surface area contributed by atoms with Gasteiger partial charge in [-0.05, 0) is 49.1 Å². The van der Waals surface area contributed by atoms with E-state index in [0.29, 0.717) is 32.6 Å². The molecule has 2 saturated heterocycles. The Kier molecular flexibility index (Phi) is 6.59. The fourth-order valence-electron chi connectivity index (χ4n) is 4.96. The minimum absolute atomic E-state index is 0.0725. The van der Waals surface area contributed by atoms with E-state index < -0.39 is 23.3 Å². The number of nitrogens with zero attached hydrogens (tertiary/aromatic N) is 3. The average molecular weight is 467 g/mol. The van der Waals surface area contributed by atoms with Crippen LogP contribution in [0, 0.1) is 11.7 Å². The first-order chi connectivity index (χ1) is 16.2. The van der Waals surface area contributed by atoms with Crippen molar-refractivity contribution in [1.29, 1.82) is 0 Å². The number of rotatable bonds is 5. The maximum Gasteiger partial charge on any atom is 0.252 e. The first kappa shape index (κ1) is 23.7. The Hall–Kier alpha value is -3.42. The van der Waals surface area contributed by atoms with E-state index in [2.05, 4.69) is 10.2 Å². The van der Waals surface area contributed by atoms with Crippen LogP contribution in [0.3, 0.4) is 0 Å². The van der Waals surface area contributed by atoms with Crippen LogP contribution in [-0.4, -0.2) is 65.9 Å². The van der Waals surface area contributed by atoms with Crippen molar-refractivity contribution in [3.63, 3.8) is 0 Å².